The predicted octanol–water partition coefficient (Wildman–Crippen LogP) is 4.92. The number of aryl methyl sites for hydroxylation is 1. The van der Waals surface area contributed by atoms with Crippen LogP contribution in [0.25, 0.3) is 0 Å². The molecule has 176 valence electrons. The summed E-state index contributed by atoms with van der Waals surface area (Å²) < 4.78 is 13.3. The molecule has 7 heteroatoms. The highest BCUT2D eigenvalue weighted by Crippen LogP contribution is 2.42. The minimum atomic E-state index is -0.544. The summed E-state index contributed by atoms with van der Waals surface area (Å²) in [5.41, 5.74) is 3.40. The first-order chi connectivity index (χ1) is 17.0. The molecule has 4 rings (SSSR count). The van der Waals surface area contributed by atoms with Crippen LogP contribution in [-0.2, 0) is 22.4 Å². The van der Waals surface area contributed by atoms with Gasteiger partial charge in [0.25, 0.3) is 5.91 Å². The number of rotatable bonds is 7. The van der Waals surface area contributed by atoms with Gasteiger partial charge in [0, 0.05) is 12.2 Å². The average molecular weight is 486 g/mol. The summed E-state index contributed by atoms with van der Waals surface area (Å²) in [5, 5.41) is 12.5. The number of nitriles is 1. The zero-order valence-corrected chi connectivity index (χ0v) is 20.0. The third kappa shape index (κ3) is 5.79. The van der Waals surface area contributed by atoms with E-state index < -0.39 is 11.2 Å². The van der Waals surface area contributed by atoms with Crippen molar-refractivity contribution in [3.8, 4) is 6.07 Å². The van der Waals surface area contributed by atoms with Gasteiger partial charge in [0.05, 0.1) is 5.25 Å². The van der Waals surface area contributed by atoms with E-state index in [4.69, 9.17) is 0 Å². The van der Waals surface area contributed by atoms with Gasteiger partial charge in [-0.3, -0.25) is 14.5 Å². The molecule has 1 heterocycles. The maximum atomic E-state index is 13.5. The van der Waals surface area contributed by atoms with E-state index in [2.05, 4.69) is 5.32 Å². The van der Waals surface area contributed by atoms with Crippen molar-refractivity contribution in [3.63, 3.8) is 0 Å². The molecule has 1 aliphatic rings. The number of hydrogen-bond acceptors (Lipinski definition) is 4. The van der Waals surface area contributed by atoms with Gasteiger partial charge in [-0.1, -0.05) is 71.9 Å². The van der Waals surface area contributed by atoms with Crippen LogP contribution < -0.4 is 10.2 Å². The maximum Gasteiger partial charge on any atom is 0.264 e. The molecule has 0 aliphatic carbocycles. The highest BCUT2D eigenvalue weighted by Gasteiger charge is 2.40. The molecule has 3 aromatic rings. The molecular formula is C28H24FN3O2S. The van der Waals surface area contributed by atoms with Crippen LogP contribution in [0, 0.1) is 24.1 Å². The van der Waals surface area contributed by atoms with Gasteiger partial charge in [0.1, 0.15) is 22.5 Å². The first kappa shape index (κ1) is 24.2. The van der Waals surface area contributed by atoms with Crippen molar-refractivity contribution in [2.75, 3.05) is 11.4 Å². The molecule has 0 saturated carbocycles. The zero-order valence-electron chi connectivity index (χ0n) is 19.2. The molecule has 0 bridgehead atoms. The molecule has 0 radical (unpaired) electrons. The minimum Gasteiger partial charge on any atom is -0.351 e. The molecule has 0 aromatic heterocycles. The fourth-order valence-electron chi connectivity index (χ4n) is 3.80. The van der Waals surface area contributed by atoms with E-state index >= 15 is 0 Å². The third-order valence-corrected chi connectivity index (χ3v) is 6.94. The molecular weight excluding hydrogens is 461 g/mol. The third-order valence-electron chi connectivity index (χ3n) is 5.67. The molecule has 1 aliphatic heterocycles. The van der Waals surface area contributed by atoms with Crippen LogP contribution in [0.5, 0.6) is 0 Å². The number of thioether (sulfide) groups is 1. The van der Waals surface area contributed by atoms with Crippen molar-refractivity contribution < 1.29 is 14.0 Å². The number of anilines is 1. The minimum absolute atomic E-state index is 0.0985. The van der Waals surface area contributed by atoms with Gasteiger partial charge in [-0.15, -0.1) is 0 Å². The van der Waals surface area contributed by atoms with Crippen LogP contribution in [0.15, 0.2) is 89.5 Å². The Hall–Kier alpha value is -3.89. The van der Waals surface area contributed by atoms with Crippen LogP contribution in [0.3, 0.4) is 0 Å². The second-order valence-corrected chi connectivity index (χ2v) is 9.42. The summed E-state index contributed by atoms with van der Waals surface area (Å²) in [6.07, 6.45) is 0.978. The Morgan fingerprint density at radius 3 is 2.37 bits per heavy atom. The summed E-state index contributed by atoms with van der Waals surface area (Å²) >= 11 is 1.19. The van der Waals surface area contributed by atoms with Crippen molar-refractivity contribution in [2.24, 2.45) is 0 Å². The van der Waals surface area contributed by atoms with Crippen molar-refractivity contribution >= 4 is 29.3 Å². The Labute approximate surface area is 208 Å². The lowest BCUT2D eigenvalue weighted by molar-refractivity contribution is -0.117. The van der Waals surface area contributed by atoms with Crippen LogP contribution >= 0.6 is 11.8 Å². The monoisotopic (exact) mass is 485 g/mol. The van der Waals surface area contributed by atoms with Crippen LogP contribution in [0.1, 0.15) is 16.7 Å². The Morgan fingerprint density at radius 1 is 1.03 bits per heavy atom. The zero-order chi connectivity index (χ0) is 24.8. The lowest BCUT2D eigenvalue weighted by Crippen LogP contribution is -2.32. The number of halogens is 1. The summed E-state index contributed by atoms with van der Waals surface area (Å²) in [6.45, 7) is 2.31. The number of hydrogen-bond donors (Lipinski definition) is 1. The van der Waals surface area contributed by atoms with Gasteiger partial charge in [-0.25, -0.2) is 4.39 Å². The van der Waals surface area contributed by atoms with Gasteiger partial charge >= 0.3 is 0 Å². The first-order valence-electron chi connectivity index (χ1n) is 11.2. The van der Waals surface area contributed by atoms with Gasteiger partial charge in [0.2, 0.25) is 5.91 Å². The smallest absolute Gasteiger partial charge is 0.264 e. The molecule has 1 fully saturated rings. The molecule has 2 amide bonds. The fraction of sp³-hybridized carbons (Fsp3) is 0.179. The van der Waals surface area contributed by atoms with E-state index in [0.717, 1.165) is 16.7 Å². The number of carbonyl (C=O) groups excluding carboxylic acids is 2. The number of amides is 2. The van der Waals surface area contributed by atoms with Crippen molar-refractivity contribution in [3.05, 3.63) is 112 Å². The first-order valence-corrected chi connectivity index (χ1v) is 12.1. The van der Waals surface area contributed by atoms with E-state index in [0.29, 0.717) is 30.1 Å². The Morgan fingerprint density at radius 2 is 1.71 bits per heavy atom. The van der Waals surface area contributed by atoms with Gasteiger partial charge in [-0.2, -0.15) is 5.26 Å². The second-order valence-electron chi connectivity index (χ2n) is 8.23. The molecule has 1 atom stereocenters. The summed E-state index contributed by atoms with van der Waals surface area (Å²) in [6, 6.07) is 25.1. The molecule has 1 N–H and O–H groups in total. The van der Waals surface area contributed by atoms with E-state index in [1.54, 1.807) is 24.3 Å². The maximum absolute atomic E-state index is 13.5. The highest BCUT2D eigenvalue weighted by atomic mass is 32.2. The van der Waals surface area contributed by atoms with Crippen molar-refractivity contribution in [2.45, 2.75) is 25.0 Å². The van der Waals surface area contributed by atoms with Crippen molar-refractivity contribution in [1.82, 2.24) is 5.32 Å². The lowest BCUT2D eigenvalue weighted by Gasteiger charge is -2.19. The van der Waals surface area contributed by atoms with E-state index in [1.807, 2.05) is 55.5 Å². The molecule has 3 aromatic carbocycles. The average Bonchev–Trinajstić information content (AvgIpc) is 3.17. The SMILES string of the molecule is Cc1ccc(N2C(=O)C(Cc3ccc(F)cc3)SC2=C(C#N)C(=O)NCCc2ccccc2)cc1. The normalized spacial score (nSPS) is 16.7. The molecule has 0 spiro atoms. The molecule has 5 nitrogen and oxygen atoms in total. The quantitative estimate of drug-likeness (QED) is 0.381. The van der Waals surface area contributed by atoms with Gasteiger partial charge in [-0.05, 0) is 55.2 Å². The topological polar surface area (TPSA) is 73.2 Å². The number of nitrogens with one attached hydrogen (secondary N) is 1. The Bertz CT molecular complexity index is 1280. The lowest BCUT2D eigenvalue weighted by atomic mass is 10.1. The van der Waals surface area contributed by atoms with E-state index in [1.165, 1.54) is 28.8 Å². The Balaban J connectivity index is 1.61. The highest BCUT2D eigenvalue weighted by molar-refractivity contribution is 8.05. The van der Waals surface area contributed by atoms with Crippen LogP contribution in [-0.4, -0.2) is 23.6 Å². The van der Waals surface area contributed by atoms with Gasteiger partial charge in [0.15, 0.2) is 0 Å². The summed E-state index contributed by atoms with van der Waals surface area (Å²) in [7, 11) is 0. The Kier molecular flexibility index (Phi) is 7.64. The standard InChI is InChI=1S/C28H24FN3O2S/c1-19-7-13-23(14-8-19)32-27(34)25(17-21-9-11-22(29)12-10-21)35-28(32)24(18-30)26(33)31-16-15-20-5-3-2-4-6-20/h2-14,25H,15-17H2,1H3,(H,31,33). The number of benzene rings is 3. The molecule has 1 saturated heterocycles. The summed E-state index contributed by atoms with van der Waals surface area (Å²) in [4.78, 5) is 27.9. The second kappa shape index (κ2) is 11.0. The van der Waals surface area contributed by atoms with Gasteiger partial charge < -0.3 is 5.32 Å². The largest absolute Gasteiger partial charge is 0.351 e. The summed E-state index contributed by atoms with van der Waals surface area (Å²) in [5.74, 6) is -1.08. The van der Waals surface area contributed by atoms with Crippen LogP contribution in [0.2, 0.25) is 0 Å². The fourth-order valence-corrected chi connectivity index (χ4v) is 5.11. The predicted molar refractivity (Wildman–Crippen MR) is 136 cm³/mol. The van der Waals surface area contributed by atoms with Crippen molar-refractivity contribution in [1.29, 1.82) is 5.26 Å². The molecule has 1 unspecified atom stereocenters. The van der Waals surface area contributed by atoms with E-state index in [9.17, 15) is 19.2 Å². The number of carbonyl (C=O) groups is 2. The van der Waals surface area contributed by atoms with E-state index in [-0.39, 0.29) is 17.3 Å². The van der Waals surface area contributed by atoms with Crippen LogP contribution in [0.4, 0.5) is 10.1 Å². The number of nitrogens with zero attached hydrogens (tertiary/aromatic N) is 2. The molecule has 35 heavy (non-hydrogen) atoms.